The third-order valence-electron chi connectivity index (χ3n) is 3.06. The number of nitrogens with one attached hydrogen (secondary N) is 1. The van der Waals surface area contributed by atoms with Crippen LogP contribution in [0.5, 0.6) is 0 Å². The van der Waals surface area contributed by atoms with Crippen LogP contribution in [0.3, 0.4) is 0 Å². The zero-order valence-corrected chi connectivity index (χ0v) is 12.5. The summed E-state index contributed by atoms with van der Waals surface area (Å²) in [5.41, 5.74) is -2.25. The molecule has 0 bridgehead atoms. The number of amides is 1. The van der Waals surface area contributed by atoms with Gasteiger partial charge >= 0.3 is 6.18 Å². The van der Waals surface area contributed by atoms with E-state index in [1.165, 1.54) is 0 Å². The first-order valence-electron chi connectivity index (χ1n) is 6.98. The van der Waals surface area contributed by atoms with E-state index in [0.29, 0.717) is 25.1 Å². The summed E-state index contributed by atoms with van der Waals surface area (Å²) in [5, 5.41) is 6.05. The molecule has 1 N–H and O–H groups in total. The van der Waals surface area contributed by atoms with E-state index in [2.05, 4.69) is 10.4 Å². The number of alkyl halides is 3. The zero-order valence-electron chi connectivity index (χ0n) is 12.5. The lowest BCUT2D eigenvalue weighted by Gasteiger charge is -2.11. The van der Waals surface area contributed by atoms with Gasteiger partial charge in [0.05, 0.1) is 5.56 Å². The van der Waals surface area contributed by atoms with Gasteiger partial charge in [-0.15, -0.1) is 0 Å². The molecule has 0 aliphatic heterocycles. The maximum atomic E-state index is 13.2. The first kappa shape index (κ1) is 17.6. The highest BCUT2D eigenvalue weighted by Gasteiger charge is 2.34. The molecule has 0 unspecified atom stereocenters. The first-order valence-corrected chi connectivity index (χ1v) is 6.98. The number of benzene rings is 1. The van der Waals surface area contributed by atoms with E-state index >= 15 is 0 Å². The smallest absolute Gasteiger partial charge is 0.321 e. The second-order valence-corrected chi connectivity index (χ2v) is 4.93. The molecule has 1 aromatic heterocycles. The average molecular weight is 343 g/mol. The molecular weight excluding hydrogens is 330 g/mol. The minimum absolute atomic E-state index is 0.138. The fraction of sp³-hybridized carbons (Fsp3) is 0.267. The monoisotopic (exact) mass is 343 g/mol. The predicted molar refractivity (Wildman–Crippen MR) is 78.1 cm³/mol. The van der Waals surface area contributed by atoms with Gasteiger partial charge in [-0.2, -0.15) is 18.3 Å². The summed E-state index contributed by atoms with van der Waals surface area (Å²) in [6, 6.07) is 4.42. The second kappa shape index (κ2) is 6.81. The summed E-state index contributed by atoms with van der Waals surface area (Å²) in [7, 11) is 0. The van der Waals surface area contributed by atoms with Crippen molar-refractivity contribution < 1.29 is 22.4 Å². The standard InChI is InChI=1S/C15H13F4N3O2/c1-2-7-22-13(23)6-5-12(21-22)14(24)20-9-3-4-11(16)10(8-9)15(17,18)19/h3-6,8H,2,7H2,1H3,(H,20,24). The molecule has 0 fully saturated rings. The van der Waals surface area contributed by atoms with Crippen molar-refractivity contribution >= 4 is 11.6 Å². The lowest BCUT2D eigenvalue weighted by molar-refractivity contribution is -0.139. The number of anilines is 1. The van der Waals surface area contributed by atoms with Crippen molar-refractivity contribution in [2.45, 2.75) is 26.1 Å². The quantitative estimate of drug-likeness (QED) is 0.868. The van der Waals surface area contributed by atoms with Crippen LogP contribution in [0.25, 0.3) is 0 Å². The fourth-order valence-electron chi connectivity index (χ4n) is 1.96. The van der Waals surface area contributed by atoms with Crippen LogP contribution >= 0.6 is 0 Å². The third kappa shape index (κ3) is 3.98. The molecule has 2 aromatic rings. The molecule has 2 rings (SSSR count). The number of carbonyl (C=O) groups excluding carboxylic acids is 1. The molecule has 9 heteroatoms. The van der Waals surface area contributed by atoms with Crippen LogP contribution in [0.4, 0.5) is 23.2 Å². The van der Waals surface area contributed by atoms with E-state index < -0.39 is 29.0 Å². The largest absolute Gasteiger partial charge is 0.419 e. The predicted octanol–water partition coefficient (Wildman–Crippen LogP) is 3.06. The molecule has 1 aromatic carbocycles. The Bertz CT molecular complexity index is 815. The molecule has 0 saturated heterocycles. The highest BCUT2D eigenvalue weighted by atomic mass is 19.4. The van der Waals surface area contributed by atoms with E-state index in [4.69, 9.17) is 0 Å². The number of hydrogen-bond acceptors (Lipinski definition) is 3. The minimum Gasteiger partial charge on any atom is -0.321 e. The lowest BCUT2D eigenvalue weighted by Crippen LogP contribution is -2.26. The molecule has 128 valence electrons. The topological polar surface area (TPSA) is 64.0 Å². The molecule has 24 heavy (non-hydrogen) atoms. The summed E-state index contributed by atoms with van der Waals surface area (Å²) in [4.78, 5) is 23.6. The van der Waals surface area contributed by atoms with Crippen LogP contribution in [0.1, 0.15) is 29.4 Å². The van der Waals surface area contributed by atoms with Crippen LogP contribution in [0.2, 0.25) is 0 Å². The summed E-state index contributed by atoms with van der Waals surface area (Å²) in [6.45, 7) is 2.12. The summed E-state index contributed by atoms with van der Waals surface area (Å²) >= 11 is 0. The Balaban J connectivity index is 2.27. The summed E-state index contributed by atoms with van der Waals surface area (Å²) in [5.74, 6) is -2.24. The van der Waals surface area contributed by atoms with Crippen LogP contribution in [0, 0.1) is 5.82 Å². The molecule has 5 nitrogen and oxygen atoms in total. The van der Waals surface area contributed by atoms with E-state index in [9.17, 15) is 27.2 Å². The average Bonchev–Trinajstić information content (AvgIpc) is 2.50. The van der Waals surface area contributed by atoms with Crippen molar-refractivity contribution in [3.63, 3.8) is 0 Å². The van der Waals surface area contributed by atoms with Crippen LogP contribution in [-0.4, -0.2) is 15.7 Å². The number of aromatic nitrogens is 2. The number of halogens is 4. The zero-order chi connectivity index (χ0) is 17.9. The van der Waals surface area contributed by atoms with E-state index in [-0.39, 0.29) is 11.4 Å². The minimum atomic E-state index is -4.88. The Hall–Kier alpha value is -2.71. The van der Waals surface area contributed by atoms with Crippen molar-refractivity contribution in [3.05, 3.63) is 57.8 Å². The molecule has 0 spiro atoms. The molecule has 0 radical (unpaired) electrons. The Labute approximate surface area is 133 Å². The summed E-state index contributed by atoms with van der Waals surface area (Å²) in [6.07, 6.45) is -4.26. The van der Waals surface area contributed by atoms with Gasteiger partial charge in [-0.05, 0) is 30.7 Å². The van der Waals surface area contributed by atoms with Crippen LogP contribution in [-0.2, 0) is 12.7 Å². The molecule has 0 atom stereocenters. The van der Waals surface area contributed by atoms with Gasteiger partial charge in [0.2, 0.25) is 0 Å². The second-order valence-electron chi connectivity index (χ2n) is 4.93. The fourth-order valence-corrected chi connectivity index (χ4v) is 1.96. The molecule has 0 aliphatic rings. The highest BCUT2D eigenvalue weighted by Crippen LogP contribution is 2.33. The Morgan fingerprint density at radius 1 is 1.25 bits per heavy atom. The van der Waals surface area contributed by atoms with Gasteiger partial charge in [-0.25, -0.2) is 9.07 Å². The van der Waals surface area contributed by atoms with Gasteiger partial charge in [0.15, 0.2) is 0 Å². The van der Waals surface area contributed by atoms with E-state index in [0.717, 1.165) is 22.9 Å². The number of rotatable bonds is 4. The summed E-state index contributed by atoms with van der Waals surface area (Å²) < 4.78 is 52.3. The Kier molecular flexibility index (Phi) is 5.01. The van der Waals surface area contributed by atoms with Gasteiger partial charge in [0.1, 0.15) is 11.5 Å². The van der Waals surface area contributed by atoms with Gasteiger partial charge in [-0.1, -0.05) is 6.92 Å². The number of nitrogens with zero attached hydrogens (tertiary/aromatic N) is 2. The van der Waals surface area contributed by atoms with Gasteiger partial charge in [0.25, 0.3) is 11.5 Å². The molecule has 1 amide bonds. The van der Waals surface area contributed by atoms with E-state index in [1.54, 1.807) is 0 Å². The van der Waals surface area contributed by atoms with Gasteiger partial charge in [-0.3, -0.25) is 9.59 Å². The maximum Gasteiger partial charge on any atom is 0.419 e. The molecular formula is C15H13F4N3O2. The molecule has 0 aliphatic carbocycles. The molecule has 0 saturated carbocycles. The first-order chi connectivity index (χ1) is 11.2. The number of hydrogen-bond donors (Lipinski definition) is 1. The van der Waals surface area contributed by atoms with Gasteiger partial charge < -0.3 is 5.32 Å². The Morgan fingerprint density at radius 3 is 2.58 bits per heavy atom. The number of carbonyl (C=O) groups is 1. The van der Waals surface area contributed by atoms with Crippen LogP contribution in [0.15, 0.2) is 35.1 Å². The van der Waals surface area contributed by atoms with E-state index in [1.807, 2.05) is 6.92 Å². The van der Waals surface area contributed by atoms with Crippen molar-refractivity contribution in [3.8, 4) is 0 Å². The van der Waals surface area contributed by atoms with Crippen molar-refractivity contribution in [1.29, 1.82) is 0 Å². The van der Waals surface area contributed by atoms with Crippen LogP contribution < -0.4 is 10.9 Å². The molecule has 1 heterocycles. The lowest BCUT2D eigenvalue weighted by atomic mass is 10.1. The van der Waals surface area contributed by atoms with Crippen molar-refractivity contribution in [2.75, 3.05) is 5.32 Å². The highest BCUT2D eigenvalue weighted by molar-refractivity contribution is 6.02. The number of aryl methyl sites for hydroxylation is 1. The normalized spacial score (nSPS) is 11.4. The van der Waals surface area contributed by atoms with Crippen molar-refractivity contribution in [2.24, 2.45) is 0 Å². The Morgan fingerprint density at radius 2 is 1.96 bits per heavy atom. The van der Waals surface area contributed by atoms with Gasteiger partial charge in [0, 0.05) is 18.3 Å². The van der Waals surface area contributed by atoms with Crippen molar-refractivity contribution in [1.82, 2.24) is 9.78 Å². The third-order valence-corrected chi connectivity index (χ3v) is 3.06. The maximum absolute atomic E-state index is 13.2. The SMILES string of the molecule is CCCn1nc(C(=O)Nc2ccc(F)c(C(F)(F)F)c2)ccc1=O.